The Morgan fingerprint density at radius 2 is 2.06 bits per heavy atom. The first kappa shape index (κ1) is 13.5. The van der Waals surface area contributed by atoms with E-state index in [1.807, 2.05) is 13.0 Å². The SMILES string of the molecule is Cc1cccc(CN(C)CCC2(N)CCCC2)n1. The third kappa shape index (κ3) is 3.79. The van der Waals surface area contributed by atoms with Gasteiger partial charge in [-0.2, -0.15) is 0 Å². The fraction of sp³-hybridized carbons (Fsp3) is 0.667. The summed E-state index contributed by atoms with van der Waals surface area (Å²) in [6.45, 7) is 4.01. The maximum Gasteiger partial charge on any atom is 0.0547 e. The summed E-state index contributed by atoms with van der Waals surface area (Å²) in [5.41, 5.74) is 8.73. The minimum atomic E-state index is 0.105. The lowest BCUT2D eigenvalue weighted by atomic mass is 9.94. The molecule has 0 amide bonds. The van der Waals surface area contributed by atoms with Gasteiger partial charge in [0.2, 0.25) is 0 Å². The van der Waals surface area contributed by atoms with Crippen LogP contribution in [-0.2, 0) is 6.54 Å². The molecule has 0 spiro atoms. The predicted molar refractivity (Wildman–Crippen MR) is 75.3 cm³/mol. The lowest BCUT2D eigenvalue weighted by Crippen LogP contribution is -2.39. The quantitative estimate of drug-likeness (QED) is 0.869. The minimum Gasteiger partial charge on any atom is -0.325 e. The van der Waals surface area contributed by atoms with E-state index in [-0.39, 0.29) is 5.54 Å². The van der Waals surface area contributed by atoms with Gasteiger partial charge in [0.05, 0.1) is 5.69 Å². The van der Waals surface area contributed by atoms with Crippen molar-refractivity contribution in [1.82, 2.24) is 9.88 Å². The van der Waals surface area contributed by atoms with Gasteiger partial charge in [0.1, 0.15) is 0 Å². The van der Waals surface area contributed by atoms with Gasteiger partial charge in [-0.3, -0.25) is 4.98 Å². The first-order valence-corrected chi connectivity index (χ1v) is 6.97. The maximum absolute atomic E-state index is 6.38. The van der Waals surface area contributed by atoms with Gasteiger partial charge in [-0.1, -0.05) is 18.9 Å². The van der Waals surface area contributed by atoms with Crippen LogP contribution in [0.5, 0.6) is 0 Å². The molecule has 1 aromatic heterocycles. The molecule has 1 aromatic rings. The van der Waals surface area contributed by atoms with Gasteiger partial charge in [0.25, 0.3) is 0 Å². The van der Waals surface area contributed by atoms with E-state index >= 15 is 0 Å². The summed E-state index contributed by atoms with van der Waals surface area (Å²) in [6.07, 6.45) is 6.11. The first-order chi connectivity index (χ1) is 8.57. The van der Waals surface area contributed by atoms with E-state index in [1.165, 1.54) is 25.7 Å². The third-order valence-corrected chi connectivity index (χ3v) is 3.97. The molecule has 1 aliphatic carbocycles. The van der Waals surface area contributed by atoms with Crippen LogP contribution in [0.2, 0.25) is 0 Å². The Balaban J connectivity index is 1.80. The van der Waals surface area contributed by atoms with Crippen LogP contribution >= 0.6 is 0 Å². The smallest absolute Gasteiger partial charge is 0.0547 e. The molecule has 0 aliphatic heterocycles. The Morgan fingerprint density at radius 1 is 1.33 bits per heavy atom. The van der Waals surface area contributed by atoms with Crippen LogP contribution in [0, 0.1) is 6.92 Å². The summed E-state index contributed by atoms with van der Waals surface area (Å²) in [4.78, 5) is 6.87. The maximum atomic E-state index is 6.38. The fourth-order valence-corrected chi connectivity index (χ4v) is 2.79. The molecule has 2 rings (SSSR count). The highest BCUT2D eigenvalue weighted by Gasteiger charge is 2.28. The number of rotatable bonds is 5. The van der Waals surface area contributed by atoms with Crippen LogP contribution in [0.1, 0.15) is 43.5 Å². The zero-order valence-corrected chi connectivity index (χ0v) is 11.7. The summed E-state index contributed by atoms with van der Waals surface area (Å²) in [5, 5.41) is 0. The molecule has 1 fully saturated rings. The summed E-state index contributed by atoms with van der Waals surface area (Å²) < 4.78 is 0. The standard InChI is InChI=1S/C15H25N3/c1-13-6-5-7-14(17-13)12-18(2)11-10-15(16)8-3-4-9-15/h5-7H,3-4,8-12,16H2,1-2H3. The molecule has 3 heteroatoms. The topological polar surface area (TPSA) is 42.1 Å². The fourth-order valence-electron chi connectivity index (χ4n) is 2.79. The van der Waals surface area contributed by atoms with Gasteiger partial charge in [-0.15, -0.1) is 0 Å². The van der Waals surface area contributed by atoms with Crippen molar-refractivity contribution in [2.24, 2.45) is 5.73 Å². The van der Waals surface area contributed by atoms with Crippen molar-refractivity contribution in [3.05, 3.63) is 29.6 Å². The average Bonchev–Trinajstić information content (AvgIpc) is 2.74. The predicted octanol–water partition coefficient (Wildman–Crippen LogP) is 2.48. The average molecular weight is 247 g/mol. The van der Waals surface area contributed by atoms with Gasteiger partial charge in [-0.25, -0.2) is 0 Å². The van der Waals surface area contributed by atoms with Gasteiger partial charge >= 0.3 is 0 Å². The molecule has 1 heterocycles. The van der Waals surface area contributed by atoms with Crippen LogP contribution in [0.15, 0.2) is 18.2 Å². The van der Waals surface area contributed by atoms with Crippen LogP contribution in [0.3, 0.4) is 0 Å². The Labute approximate surface area is 110 Å². The van der Waals surface area contributed by atoms with Gasteiger partial charge in [0, 0.05) is 17.8 Å². The number of aryl methyl sites for hydroxylation is 1. The molecule has 0 saturated heterocycles. The molecule has 1 saturated carbocycles. The molecule has 2 N–H and O–H groups in total. The number of nitrogens with two attached hydrogens (primary N) is 1. The second kappa shape index (κ2) is 5.81. The Morgan fingerprint density at radius 3 is 2.72 bits per heavy atom. The molecule has 18 heavy (non-hydrogen) atoms. The van der Waals surface area contributed by atoms with Gasteiger partial charge in [-0.05, 0) is 51.9 Å². The molecule has 3 nitrogen and oxygen atoms in total. The summed E-state index contributed by atoms with van der Waals surface area (Å²) in [7, 11) is 2.16. The second-order valence-electron chi connectivity index (χ2n) is 5.83. The zero-order chi connectivity index (χ0) is 13.0. The normalized spacial score (nSPS) is 18.4. The second-order valence-corrected chi connectivity index (χ2v) is 5.83. The van der Waals surface area contributed by atoms with Gasteiger partial charge < -0.3 is 10.6 Å². The van der Waals surface area contributed by atoms with Crippen molar-refractivity contribution >= 4 is 0 Å². The lowest BCUT2D eigenvalue weighted by molar-refractivity contribution is 0.271. The van der Waals surface area contributed by atoms with E-state index in [4.69, 9.17) is 5.73 Å². The number of pyridine rings is 1. The number of nitrogens with zero attached hydrogens (tertiary/aromatic N) is 2. The molecular formula is C15H25N3. The largest absolute Gasteiger partial charge is 0.325 e. The Kier molecular flexibility index (Phi) is 4.36. The van der Waals surface area contributed by atoms with E-state index in [0.29, 0.717) is 0 Å². The molecule has 0 atom stereocenters. The first-order valence-electron chi connectivity index (χ1n) is 6.97. The molecule has 0 unspecified atom stereocenters. The summed E-state index contributed by atoms with van der Waals surface area (Å²) in [6, 6.07) is 6.21. The molecule has 100 valence electrons. The zero-order valence-electron chi connectivity index (χ0n) is 11.7. The third-order valence-electron chi connectivity index (χ3n) is 3.97. The van der Waals surface area contributed by atoms with Gasteiger partial charge in [0.15, 0.2) is 0 Å². The highest BCUT2D eigenvalue weighted by Crippen LogP contribution is 2.30. The van der Waals surface area contributed by atoms with Crippen molar-refractivity contribution in [3.8, 4) is 0 Å². The molecular weight excluding hydrogens is 222 g/mol. The van der Waals surface area contributed by atoms with E-state index in [9.17, 15) is 0 Å². The molecule has 0 aromatic carbocycles. The Hall–Kier alpha value is -0.930. The van der Waals surface area contributed by atoms with E-state index in [0.717, 1.165) is 30.9 Å². The van der Waals surface area contributed by atoms with Crippen molar-refractivity contribution in [2.45, 2.75) is 51.1 Å². The van der Waals surface area contributed by atoms with Crippen LogP contribution in [0.25, 0.3) is 0 Å². The highest BCUT2D eigenvalue weighted by atomic mass is 15.1. The van der Waals surface area contributed by atoms with Crippen molar-refractivity contribution in [1.29, 1.82) is 0 Å². The summed E-state index contributed by atoms with van der Waals surface area (Å²) in [5.74, 6) is 0. The van der Waals surface area contributed by atoms with E-state index in [2.05, 4.69) is 29.1 Å². The van der Waals surface area contributed by atoms with Crippen LogP contribution in [-0.4, -0.2) is 29.0 Å². The van der Waals surface area contributed by atoms with Crippen LogP contribution in [0.4, 0.5) is 0 Å². The summed E-state index contributed by atoms with van der Waals surface area (Å²) >= 11 is 0. The molecule has 0 bridgehead atoms. The molecule has 1 aliphatic rings. The highest BCUT2D eigenvalue weighted by molar-refractivity contribution is 5.09. The lowest BCUT2D eigenvalue weighted by Gasteiger charge is -2.26. The van der Waals surface area contributed by atoms with E-state index in [1.54, 1.807) is 0 Å². The monoisotopic (exact) mass is 247 g/mol. The van der Waals surface area contributed by atoms with Crippen molar-refractivity contribution in [3.63, 3.8) is 0 Å². The van der Waals surface area contributed by atoms with Crippen molar-refractivity contribution in [2.75, 3.05) is 13.6 Å². The van der Waals surface area contributed by atoms with Crippen molar-refractivity contribution < 1.29 is 0 Å². The number of hydrogen-bond acceptors (Lipinski definition) is 3. The number of hydrogen-bond donors (Lipinski definition) is 1. The van der Waals surface area contributed by atoms with E-state index < -0.39 is 0 Å². The Bertz CT molecular complexity index is 383. The molecule has 0 radical (unpaired) electrons. The van der Waals surface area contributed by atoms with Crippen LogP contribution < -0.4 is 5.73 Å². The number of aromatic nitrogens is 1. The minimum absolute atomic E-state index is 0.105.